The van der Waals surface area contributed by atoms with Crippen molar-refractivity contribution in [1.29, 1.82) is 0 Å². The molecule has 0 aliphatic carbocycles. The van der Waals surface area contributed by atoms with Gasteiger partial charge in [-0.3, -0.25) is 4.79 Å². The molecule has 0 saturated carbocycles. The first kappa shape index (κ1) is 22.5. The van der Waals surface area contributed by atoms with Crippen molar-refractivity contribution < 1.29 is 9.53 Å². The zero-order chi connectivity index (χ0) is 8.57. The standard InChI is InChI=1S/C5H11NO2.C2H4.2CH4/c1-4(7)6-5(2)8-3;1-2;;/h5H,1-3H3,(H,6,7);1-2H2;2*1H4. The SMILES string of the molecule is C.C.C=C.COC(C)NC(C)=O. The Balaban J connectivity index is -0.0000000740. The molecule has 3 nitrogen and oxygen atoms in total. The molecule has 1 atom stereocenters. The zero-order valence-corrected chi connectivity index (χ0v) is 6.81. The third kappa shape index (κ3) is 22.9. The predicted octanol–water partition coefficient (Wildman–Crippen LogP) is 2.19. The predicted molar refractivity (Wildman–Crippen MR) is 55.0 cm³/mol. The fourth-order valence-electron chi connectivity index (χ4n) is 0.345. The third-order valence-corrected chi connectivity index (χ3v) is 0.760. The molecule has 1 unspecified atom stereocenters. The summed E-state index contributed by atoms with van der Waals surface area (Å²) >= 11 is 0. The van der Waals surface area contributed by atoms with E-state index in [1.54, 1.807) is 14.0 Å². The van der Waals surface area contributed by atoms with E-state index in [0.717, 1.165) is 0 Å². The van der Waals surface area contributed by atoms with Crippen LogP contribution in [0.2, 0.25) is 0 Å². The Morgan fingerprint density at radius 1 is 1.42 bits per heavy atom. The Morgan fingerprint density at radius 2 is 1.75 bits per heavy atom. The Morgan fingerprint density at radius 3 is 1.83 bits per heavy atom. The Hall–Kier alpha value is -0.830. The highest BCUT2D eigenvalue weighted by Gasteiger charge is 1.96. The zero-order valence-electron chi connectivity index (χ0n) is 6.81. The molecule has 0 aliphatic heterocycles. The van der Waals surface area contributed by atoms with Crippen LogP contribution in [0.15, 0.2) is 13.2 Å². The number of rotatable bonds is 2. The monoisotopic (exact) mass is 177 g/mol. The molecule has 0 saturated heterocycles. The minimum absolute atomic E-state index is 0. The lowest BCUT2D eigenvalue weighted by Gasteiger charge is -2.08. The highest BCUT2D eigenvalue weighted by Crippen LogP contribution is 1.78. The van der Waals surface area contributed by atoms with Gasteiger partial charge >= 0.3 is 0 Å². The van der Waals surface area contributed by atoms with E-state index in [-0.39, 0.29) is 27.0 Å². The summed E-state index contributed by atoms with van der Waals surface area (Å²) in [6.07, 6.45) is -0.174. The molecular weight excluding hydrogens is 154 g/mol. The molecule has 0 aromatic heterocycles. The van der Waals surface area contributed by atoms with Gasteiger partial charge in [-0.2, -0.15) is 0 Å². The van der Waals surface area contributed by atoms with Gasteiger partial charge in [0, 0.05) is 14.0 Å². The van der Waals surface area contributed by atoms with Crippen molar-refractivity contribution in [1.82, 2.24) is 5.32 Å². The number of amides is 1. The van der Waals surface area contributed by atoms with E-state index < -0.39 is 0 Å². The maximum absolute atomic E-state index is 10.2. The first-order chi connectivity index (χ1) is 4.66. The van der Waals surface area contributed by atoms with Gasteiger partial charge in [-0.05, 0) is 6.92 Å². The lowest BCUT2D eigenvalue weighted by molar-refractivity contribution is -0.122. The maximum Gasteiger partial charge on any atom is 0.218 e. The molecule has 12 heavy (non-hydrogen) atoms. The van der Waals surface area contributed by atoms with E-state index in [9.17, 15) is 4.79 Å². The van der Waals surface area contributed by atoms with Crippen molar-refractivity contribution in [2.24, 2.45) is 0 Å². The van der Waals surface area contributed by atoms with Gasteiger partial charge in [0.1, 0.15) is 6.23 Å². The largest absolute Gasteiger partial charge is 0.362 e. The fourth-order valence-corrected chi connectivity index (χ4v) is 0.345. The smallest absolute Gasteiger partial charge is 0.218 e. The van der Waals surface area contributed by atoms with E-state index in [1.165, 1.54) is 6.92 Å². The van der Waals surface area contributed by atoms with E-state index in [0.29, 0.717) is 0 Å². The second-order valence-electron chi connectivity index (χ2n) is 1.58. The van der Waals surface area contributed by atoms with Crippen LogP contribution >= 0.6 is 0 Å². The summed E-state index contributed by atoms with van der Waals surface area (Å²) in [4.78, 5) is 10.2. The number of carbonyl (C=O) groups is 1. The molecule has 0 aromatic carbocycles. The van der Waals surface area contributed by atoms with Crippen LogP contribution in [0.4, 0.5) is 0 Å². The molecule has 0 aromatic rings. The van der Waals surface area contributed by atoms with Crippen LogP contribution in [0, 0.1) is 0 Å². The van der Waals surface area contributed by atoms with Crippen LogP contribution in [-0.4, -0.2) is 19.2 Å². The molecule has 0 bridgehead atoms. The lowest BCUT2D eigenvalue weighted by Crippen LogP contribution is -2.31. The van der Waals surface area contributed by atoms with Gasteiger partial charge < -0.3 is 10.1 Å². The first-order valence-electron chi connectivity index (χ1n) is 2.96. The number of ether oxygens (including phenoxy) is 1. The van der Waals surface area contributed by atoms with E-state index >= 15 is 0 Å². The van der Waals surface area contributed by atoms with Crippen molar-refractivity contribution in [3.8, 4) is 0 Å². The van der Waals surface area contributed by atoms with Crippen molar-refractivity contribution in [3.63, 3.8) is 0 Å². The average Bonchev–Trinajstić information content (AvgIpc) is 1.91. The van der Waals surface area contributed by atoms with Crippen molar-refractivity contribution in [3.05, 3.63) is 13.2 Å². The molecule has 3 heteroatoms. The number of carbonyl (C=O) groups excluding carboxylic acids is 1. The molecule has 0 radical (unpaired) electrons. The summed E-state index contributed by atoms with van der Waals surface area (Å²) in [5.74, 6) is -0.0700. The summed E-state index contributed by atoms with van der Waals surface area (Å²) in [6, 6.07) is 0. The molecular formula is C9H23NO2. The van der Waals surface area contributed by atoms with Crippen LogP contribution in [0.1, 0.15) is 28.7 Å². The molecule has 76 valence electrons. The lowest BCUT2D eigenvalue weighted by atomic mass is 10.6. The normalized spacial score (nSPS) is 8.92. The molecule has 0 heterocycles. The number of hydrogen-bond acceptors (Lipinski definition) is 2. The molecule has 1 amide bonds. The van der Waals surface area contributed by atoms with Gasteiger partial charge in [0.15, 0.2) is 0 Å². The van der Waals surface area contributed by atoms with Gasteiger partial charge in [0.05, 0.1) is 0 Å². The number of hydrogen-bond donors (Lipinski definition) is 1. The van der Waals surface area contributed by atoms with Crippen molar-refractivity contribution in [2.45, 2.75) is 34.9 Å². The van der Waals surface area contributed by atoms with Crippen LogP contribution in [0.25, 0.3) is 0 Å². The van der Waals surface area contributed by atoms with Crippen LogP contribution in [-0.2, 0) is 9.53 Å². The van der Waals surface area contributed by atoms with Crippen LogP contribution in [0.5, 0.6) is 0 Å². The highest BCUT2D eigenvalue weighted by atomic mass is 16.5. The second kappa shape index (κ2) is 16.6. The summed E-state index contributed by atoms with van der Waals surface area (Å²) < 4.78 is 4.73. The minimum Gasteiger partial charge on any atom is -0.362 e. The Labute approximate surface area is 76.8 Å². The van der Waals surface area contributed by atoms with E-state index in [2.05, 4.69) is 18.5 Å². The number of methoxy groups -OCH3 is 1. The van der Waals surface area contributed by atoms with Gasteiger partial charge in [-0.1, -0.05) is 14.9 Å². The van der Waals surface area contributed by atoms with Gasteiger partial charge in [-0.25, -0.2) is 0 Å². The van der Waals surface area contributed by atoms with Gasteiger partial charge in [0.25, 0.3) is 0 Å². The fraction of sp³-hybridized carbons (Fsp3) is 0.667. The summed E-state index contributed by atoms with van der Waals surface area (Å²) in [6.45, 7) is 9.22. The summed E-state index contributed by atoms with van der Waals surface area (Å²) in [5, 5.41) is 2.53. The quantitative estimate of drug-likeness (QED) is 0.518. The topological polar surface area (TPSA) is 38.3 Å². The molecule has 0 fully saturated rings. The Bertz CT molecular complexity index is 94.5. The summed E-state index contributed by atoms with van der Waals surface area (Å²) in [7, 11) is 1.54. The van der Waals surface area contributed by atoms with Crippen LogP contribution in [0.3, 0.4) is 0 Å². The minimum atomic E-state index is -0.174. The maximum atomic E-state index is 10.2. The van der Waals surface area contributed by atoms with Crippen LogP contribution < -0.4 is 5.32 Å². The van der Waals surface area contributed by atoms with Crippen molar-refractivity contribution >= 4 is 5.91 Å². The Kier molecular flexibility index (Phi) is 31.2. The third-order valence-electron chi connectivity index (χ3n) is 0.760. The first-order valence-corrected chi connectivity index (χ1v) is 2.96. The highest BCUT2D eigenvalue weighted by molar-refractivity contribution is 5.72. The van der Waals surface area contributed by atoms with Crippen molar-refractivity contribution in [2.75, 3.05) is 7.11 Å². The number of nitrogens with one attached hydrogen (secondary N) is 1. The summed E-state index contributed by atoms with van der Waals surface area (Å²) in [5.41, 5.74) is 0. The average molecular weight is 177 g/mol. The molecule has 0 rings (SSSR count). The second-order valence-corrected chi connectivity index (χ2v) is 1.58. The van der Waals surface area contributed by atoms with Gasteiger partial charge in [0.2, 0.25) is 5.91 Å². The van der Waals surface area contributed by atoms with Gasteiger partial charge in [-0.15, -0.1) is 13.2 Å². The molecule has 0 spiro atoms. The molecule has 1 N–H and O–H groups in total. The molecule has 0 aliphatic rings. The van der Waals surface area contributed by atoms with E-state index in [1.807, 2.05) is 0 Å². The van der Waals surface area contributed by atoms with E-state index in [4.69, 9.17) is 4.74 Å².